The number of thioether (sulfide) groups is 1. The number of aromatic nitrogens is 3. The number of hydrogen-bond donors (Lipinski definition) is 2. The molecule has 2 heterocycles. The van der Waals surface area contributed by atoms with E-state index >= 15 is 0 Å². The van der Waals surface area contributed by atoms with Crippen molar-refractivity contribution in [2.75, 3.05) is 11.1 Å². The van der Waals surface area contributed by atoms with Gasteiger partial charge in [-0.1, -0.05) is 12.1 Å². The molecule has 2 aromatic heterocycles. The Hall–Kier alpha value is -2.47. The SMILES string of the molecule is Cn1ccc(SCC(=O)Nc2ccc(-c3ccn[nH]3)cc2)c1. The Morgan fingerprint density at radius 1 is 1.27 bits per heavy atom. The Balaban J connectivity index is 1.55. The molecule has 3 rings (SSSR count). The lowest BCUT2D eigenvalue weighted by molar-refractivity contribution is -0.113. The summed E-state index contributed by atoms with van der Waals surface area (Å²) in [4.78, 5) is 13.0. The summed E-state index contributed by atoms with van der Waals surface area (Å²) >= 11 is 1.52. The average molecular weight is 312 g/mol. The van der Waals surface area contributed by atoms with Gasteiger partial charge in [0.1, 0.15) is 0 Å². The zero-order valence-electron chi connectivity index (χ0n) is 12.1. The van der Waals surface area contributed by atoms with Gasteiger partial charge in [0.15, 0.2) is 0 Å². The molecule has 0 aliphatic heterocycles. The summed E-state index contributed by atoms with van der Waals surface area (Å²) in [7, 11) is 1.96. The summed E-state index contributed by atoms with van der Waals surface area (Å²) in [5.41, 5.74) is 2.79. The number of H-pyrrole nitrogens is 1. The highest BCUT2D eigenvalue weighted by atomic mass is 32.2. The van der Waals surface area contributed by atoms with Crippen LogP contribution >= 0.6 is 11.8 Å². The average Bonchev–Trinajstić information content (AvgIpc) is 3.17. The van der Waals surface area contributed by atoms with Crippen LogP contribution in [0.15, 0.2) is 59.9 Å². The normalized spacial score (nSPS) is 10.6. The van der Waals surface area contributed by atoms with E-state index in [0.29, 0.717) is 5.75 Å². The third-order valence-electron chi connectivity index (χ3n) is 3.16. The molecule has 0 saturated carbocycles. The molecule has 0 aliphatic rings. The first kappa shape index (κ1) is 14.5. The van der Waals surface area contributed by atoms with Crippen LogP contribution in [0.1, 0.15) is 0 Å². The predicted octanol–water partition coefficient (Wildman–Crippen LogP) is 3.15. The van der Waals surface area contributed by atoms with Gasteiger partial charge in [-0.25, -0.2) is 0 Å². The summed E-state index contributed by atoms with van der Waals surface area (Å²) in [5.74, 6) is 0.384. The molecule has 6 heteroatoms. The molecule has 22 heavy (non-hydrogen) atoms. The number of nitrogens with one attached hydrogen (secondary N) is 2. The molecular weight excluding hydrogens is 296 g/mol. The Morgan fingerprint density at radius 2 is 2.09 bits per heavy atom. The number of rotatable bonds is 5. The largest absolute Gasteiger partial charge is 0.356 e. The third-order valence-corrected chi connectivity index (χ3v) is 4.14. The Labute approximate surface area is 132 Å². The van der Waals surface area contributed by atoms with Gasteiger partial charge in [-0.15, -0.1) is 11.8 Å². The van der Waals surface area contributed by atoms with Crippen molar-refractivity contribution < 1.29 is 4.79 Å². The lowest BCUT2D eigenvalue weighted by Gasteiger charge is -2.05. The van der Waals surface area contributed by atoms with Gasteiger partial charge in [-0.3, -0.25) is 9.89 Å². The highest BCUT2D eigenvalue weighted by Crippen LogP contribution is 2.20. The highest BCUT2D eigenvalue weighted by molar-refractivity contribution is 8.00. The molecule has 1 aromatic carbocycles. The monoisotopic (exact) mass is 312 g/mol. The van der Waals surface area contributed by atoms with Crippen LogP contribution in [0, 0.1) is 0 Å². The van der Waals surface area contributed by atoms with Gasteiger partial charge < -0.3 is 9.88 Å². The van der Waals surface area contributed by atoms with E-state index in [1.165, 1.54) is 11.8 Å². The maximum Gasteiger partial charge on any atom is 0.234 e. The smallest absolute Gasteiger partial charge is 0.234 e. The van der Waals surface area contributed by atoms with Crippen LogP contribution in [-0.4, -0.2) is 26.4 Å². The number of carbonyl (C=O) groups excluding carboxylic acids is 1. The van der Waals surface area contributed by atoms with Crippen molar-refractivity contribution in [2.45, 2.75) is 4.90 Å². The fraction of sp³-hybridized carbons (Fsp3) is 0.125. The summed E-state index contributed by atoms with van der Waals surface area (Å²) in [5, 5.41) is 9.74. The predicted molar refractivity (Wildman–Crippen MR) is 88.8 cm³/mol. The van der Waals surface area contributed by atoms with Gasteiger partial charge in [-0.2, -0.15) is 5.10 Å². The van der Waals surface area contributed by atoms with E-state index in [-0.39, 0.29) is 5.91 Å². The molecule has 0 fully saturated rings. The van der Waals surface area contributed by atoms with Gasteiger partial charge in [0.05, 0.1) is 11.4 Å². The number of hydrogen-bond acceptors (Lipinski definition) is 3. The molecular formula is C16H16N4OS. The number of nitrogens with zero attached hydrogens (tertiary/aromatic N) is 2. The topological polar surface area (TPSA) is 62.7 Å². The van der Waals surface area contributed by atoms with Crippen LogP contribution in [0.5, 0.6) is 0 Å². The number of benzene rings is 1. The van der Waals surface area contributed by atoms with Crippen LogP contribution in [-0.2, 0) is 11.8 Å². The molecule has 3 aromatic rings. The number of anilines is 1. The van der Waals surface area contributed by atoms with Gasteiger partial charge >= 0.3 is 0 Å². The lowest BCUT2D eigenvalue weighted by atomic mass is 10.1. The summed E-state index contributed by atoms with van der Waals surface area (Å²) < 4.78 is 1.97. The van der Waals surface area contributed by atoms with Crippen LogP contribution < -0.4 is 5.32 Å². The fourth-order valence-corrected chi connectivity index (χ4v) is 2.83. The zero-order valence-corrected chi connectivity index (χ0v) is 12.9. The molecule has 0 unspecified atom stereocenters. The minimum absolute atomic E-state index is 0.0110. The second kappa shape index (κ2) is 6.53. The van der Waals surface area contributed by atoms with Crippen LogP contribution in [0.3, 0.4) is 0 Å². The Bertz CT molecular complexity index is 747. The summed E-state index contributed by atoms with van der Waals surface area (Å²) in [6, 6.07) is 11.6. The first-order valence-electron chi connectivity index (χ1n) is 6.85. The Kier molecular flexibility index (Phi) is 4.29. The van der Waals surface area contributed by atoms with Crippen molar-refractivity contribution in [3.63, 3.8) is 0 Å². The molecule has 0 aliphatic carbocycles. The Morgan fingerprint density at radius 3 is 2.73 bits per heavy atom. The third kappa shape index (κ3) is 3.59. The molecule has 112 valence electrons. The minimum atomic E-state index is -0.0110. The molecule has 0 spiro atoms. The highest BCUT2D eigenvalue weighted by Gasteiger charge is 2.05. The van der Waals surface area contributed by atoms with Crippen LogP contribution in [0.25, 0.3) is 11.3 Å². The van der Waals surface area contributed by atoms with E-state index in [4.69, 9.17) is 0 Å². The van der Waals surface area contributed by atoms with Gasteiger partial charge in [-0.05, 0) is 29.8 Å². The molecule has 0 atom stereocenters. The van der Waals surface area contributed by atoms with Gasteiger partial charge in [0.2, 0.25) is 5.91 Å². The fourth-order valence-electron chi connectivity index (χ4n) is 2.06. The second-order valence-corrected chi connectivity index (χ2v) is 5.95. The molecule has 2 N–H and O–H groups in total. The quantitative estimate of drug-likeness (QED) is 0.711. The van der Waals surface area contributed by atoms with E-state index < -0.39 is 0 Å². The van der Waals surface area contributed by atoms with Gasteiger partial charge in [0.25, 0.3) is 0 Å². The van der Waals surface area contributed by atoms with E-state index in [1.807, 2.05) is 60.4 Å². The standard InChI is InChI=1S/C16H16N4OS/c1-20-9-7-14(10-20)22-11-16(21)18-13-4-2-12(3-5-13)15-6-8-17-19-15/h2-10H,11H2,1H3,(H,17,19)(H,18,21). The summed E-state index contributed by atoms with van der Waals surface area (Å²) in [6.45, 7) is 0. The molecule has 0 radical (unpaired) electrons. The van der Waals surface area contributed by atoms with E-state index in [9.17, 15) is 4.79 Å². The number of carbonyl (C=O) groups is 1. The first-order chi connectivity index (χ1) is 10.7. The second-order valence-electron chi connectivity index (χ2n) is 4.90. The van der Waals surface area contributed by atoms with Crippen molar-refractivity contribution >= 4 is 23.4 Å². The molecule has 1 amide bonds. The van der Waals surface area contributed by atoms with E-state index in [0.717, 1.165) is 21.8 Å². The number of aromatic amines is 1. The van der Waals surface area contributed by atoms with Crippen molar-refractivity contribution in [3.05, 3.63) is 55.0 Å². The maximum absolute atomic E-state index is 12.0. The maximum atomic E-state index is 12.0. The van der Waals surface area contributed by atoms with E-state index in [2.05, 4.69) is 15.5 Å². The van der Waals surface area contributed by atoms with E-state index in [1.54, 1.807) is 6.20 Å². The van der Waals surface area contributed by atoms with Gasteiger partial charge in [0, 0.05) is 36.2 Å². The van der Waals surface area contributed by atoms with Crippen molar-refractivity contribution in [3.8, 4) is 11.3 Å². The van der Waals surface area contributed by atoms with Crippen molar-refractivity contribution in [1.29, 1.82) is 0 Å². The minimum Gasteiger partial charge on any atom is -0.356 e. The number of aryl methyl sites for hydroxylation is 1. The lowest BCUT2D eigenvalue weighted by Crippen LogP contribution is -2.13. The summed E-state index contributed by atoms with van der Waals surface area (Å²) in [6.07, 6.45) is 5.68. The van der Waals surface area contributed by atoms with Crippen molar-refractivity contribution in [1.82, 2.24) is 14.8 Å². The molecule has 0 saturated heterocycles. The number of amides is 1. The molecule has 5 nitrogen and oxygen atoms in total. The van der Waals surface area contributed by atoms with Crippen LogP contribution in [0.4, 0.5) is 5.69 Å². The van der Waals surface area contributed by atoms with Crippen LogP contribution in [0.2, 0.25) is 0 Å². The zero-order chi connectivity index (χ0) is 15.4. The van der Waals surface area contributed by atoms with Crippen molar-refractivity contribution in [2.24, 2.45) is 7.05 Å². The first-order valence-corrected chi connectivity index (χ1v) is 7.84. The molecule has 0 bridgehead atoms.